The van der Waals surface area contributed by atoms with E-state index in [2.05, 4.69) is 103 Å². The number of hydrogen-bond acceptors (Lipinski definition) is 2. The third kappa shape index (κ3) is 4.57. The van der Waals surface area contributed by atoms with Gasteiger partial charge in [0.05, 0.1) is 5.56 Å². The first-order valence-electron chi connectivity index (χ1n) is 8.74. The molecule has 3 aromatic carbocycles. The number of rotatable bonds is 5. The molecule has 0 spiro atoms. The van der Waals surface area contributed by atoms with Crippen LogP contribution in [0, 0.1) is 0 Å². The van der Waals surface area contributed by atoms with E-state index in [1.165, 1.54) is 37.6 Å². The van der Waals surface area contributed by atoms with E-state index >= 15 is 0 Å². The van der Waals surface area contributed by atoms with Gasteiger partial charge in [0.25, 0.3) is 4.88 Å². The average Bonchev–Trinajstić information content (AvgIpc) is 3.18. The summed E-state index contributed by atoms with van der Waals surface area (Å²) in [5.41, 5.74) is 6.44. The molecule has 1 heterocycles. The molecule has 0 nitrogen and oxygen atoms in total. The van der Waals surface area contributed by atoms with Gasteiger partial charge in [-0.05, 0) is 34.9 Å². The van der Waals surface area contributed by atoms with Crippen molar-refractivity contribution in [1.82, 2.24) is 0 Å². The molecule has 28 heavy (non-hydrogen) atoms. The third-order valence-corrected chi connectivity index (χ3v) is 7.33. The first-order valence-corrected chi connectivity index (χ1v) is 12.2. The molecule has 0 atom stereocenters. The van der Waals surface area contributed by atoms with Gasteiger partial charge >= 0.3 is 10.3 Å². The van der Waals surface area contributed by atoms with E-state index in [9.17, 15) is 0 Å². The van der Waals surface area contributed by atoms with Crippen molar-refractivity contribution in [2.24, 2.45) is 0 Å². The summed E-state index contributed by atoms with van der Waals surface area (Å²) in [5, 5.41) is 2.27. The van der Waals surface area contributed by atoms with Crippen molar-refractivity contribution in [2.45, 2.75) is 0 Å². The van der Waals surface area contributed by atoms with Crippen LogP contribution in [0.2, 0.25) is 0 Å². The lowest BCUT2D eigenvalue weighted by atomic mass is 9.96. The van der Waals surface area contributed by atoms with Crippen LogP contribution in [-0.2, 0) is 0 Å². The Morgan fingerprint density at radius 2 is 1.32 bits per heavy atom. The van der Waals surface area contributed by atoms with Crippen LogP contribution in [0.4, 0.5) is 0 Å². The quantitative estimate of drug-likeness (QED) is 0.195. The lowest BCUT2D eigenvalue weighted by Crippen LogP contribution is -3.00. The summed E-state index contributed by atoms with van der Waals surface area (Å²) in [5.74, 6) is 0. The second-order valence-corrected chi connectivity index (χ2v) is 8.92. The highest BCUT2D eigenvalue weighted by molar-refractivity contribution is 8.01. The molecule has 4 rings (SSSR count). The molecule has 0 aliphatic carbocycles. The molecule has 0 radical (unpaired) electrons. The minimum atomic E-state index is 0. The van der Waals surface area contributed by atoms with Gasteiger partial charge < -0.3 is 24.0 Å². The summed E-state index contributed by atoms with van der Waals surface area (Å²) in [6.45, 7) is 0. The predicted octanol–water partition coefficient (Wildman–Crippen LogP) is 5.18. The smallest absolute Gasteiger partial charge is 0.301 e. The second kappa shape index (κ2) is 10.3. The van der Waals surface area contributed by atoms with Crippen molar-refractivity contribution in [2.75, 3.05) is 6.26 Å². The molecule has 0 saturated heterocycles. The van der Waals surface area contributed by atoms with E-state index in [0.29, 0.717) is 0 Å². The van der Waals surface area contributed by atoms with E-state index in [0.717, 1.165) is 0 Å². The Labute approximate surface area is 195 Å². The van der Waals surface area contributed by atoms with Gasteiger partial charge in [0.15, 0.2) is 10.3 Å². The van der Waals surface area contributed by atoms with Gasteiger partial charge in [-0.3, -0.25) is 0 Å². The molecule has 0 amide bonds. The highest BCUT2D eigenvalue weighted by Gasteiger charge is 2.28. The lowest BCUT2D eigenvalue weighted by molar-refractivity contribution is -0.00000497. The van der Waals surface area contributed by atoms with Gasteiger partial charge in [-0.15, -0.1) is 11.8 Å². The van der Waals surface area contributed by atoms with Crippen molar-refractivity contribution < 1.29 is 24.0 Å². The van der Waals surface area contributed by atoms with Crippen molar-refractivity contribution >= 4 is 38.0 Å². The molecule has 0 bridgehead atoms. The maximum absolute atomic E-state index is 2.27. The molecule has 4 heteroatoms. The Hall–Kier alpha value is -1.47. The lowest BCUT2D eigenvalue weighted by Gasteiger charge is -2.08. The Balaban J connectivity index is 0.00000225. The van der Waals surface area contributed by atoms with E-state index < -0.39 is 0 Å². The number of halogens is 1. The molecule has 140 valence electrons. The second-order valence-electron chi connectivity index (χ2n) is 6.07. The summed E-state index contributed by atoms with van der Waals surface area (Å²) in [4.78, 5) is 2.68. The molecular weight excluding hydrogens is 511 g/mol. The van der Waals surface area contributed by atoms with Gasteiger partial charge in [0.2, 0.25) is 0 Å². The van der Waals surface area contributed by atoms with Crippen molar-refractivity contribution in [3.63, 3.8) is 0 Å². The van der Waals surface area contributed by atoms with E-state index in [-0.39, 0.29) is 24.0 Å². The molecule has 0 saturated carbocycles. The molecule has 0 aliphatic heterocycles. The number of benzene rings is 3. The van der Waals surface area contributed by atoms with Crippen LogP contribution in [0.5, 0.6) is 0 Å². The van der Waals surface area contributed by atoms with Crippen LogP contribution in [0.25, 0.3) is 27.1 Å². The van der Waals surface area contributed by atoms with Crippen LogP contribution in [-0.4, -0.2) is 6.26 Å². The highest BCUT2D eigenvalue weighted by atomic mass is 127. The minimum Gasteiger partial charge on any atom is -1.00 e. The molecule has 4 aromatic rings. The molecule has 0 unspecified atom stereocenters. The van der Waals surface area contributed by atoms with Crippen LogP contribution in [0.3, 0.4) is 0 Å². The van der Waals surface area contributed by atoms with Crippen LogP contribution >= 0.6 is 32.4 Å². The minimum absolute atomic E-state index is 0. The van der Waals surface area contributed by atoms with Gasteiger partial charge in [-0.1, -0.05) is 78.9 Å². The van der Waals surface area contributed by atoms with Crippen LogP contribution in [0.1, 0.15) is 10.4 Å². The SMILES string of the molecule is CS/C=C(/c1ccccc1)c1s[s+]c(-c2ccccc2)c1-c1ccccc1.[I-]. The van der Waals surface area contributed by atoms with E-state index in [1.54, 1.807) is 11.8 Å². The summed E-state index contributed by atoms with van der Waals surface area (Å²) in [6, 6.07) is 32.2. The van der Waals surface area contributed by atoms with Crippen molar-refractivity contribution in [3.8, 4) is 21.6 Å². The first kappa shape index (κ1) is 21.2. The molecule has 1 aromatic heterocycles. The Morgan fingerprint density at radius 3 is 1.89 bits per heavy atom. The topological polar surface area (TPSA) is 0 Å². The van der Waals surface area contributed by atoms with Crippen molar-refractivity contribution in [3.05, 3.63) is 107 Å². The molecule has 0 fully saturated rings. The van der Waals surface area contributed by atoms with E-state index in [4.69, 9.17) is 0 Å². The standard InChI is InChI=1S/C24H19S3.HI/c1-25-17-21(18-11-5-2-6-12-18)24-22(19-13-7-3-8-14-19)23(26-27-24)20-15-9-4-10-16-20;/h2-17H,1H3;1H/q+1;/p-1/b21-17-;. The van der Waals surface area contributed by atoms with Gasteiger partial charge in [0.1, 0.15) is 4.88 Å². The fourth-order valence-electron chi connectivity index (χ4n) is 3.09. The maximum Gasteiger partial charge on any atom is 0.301 e. The highest BCUT2D eigenvalue weighted by Crippen LogP contribution is 2.47. The van der Waals surface area contributed by atoms with Gasteiger partial charge in [0, 0.05) is 11.1 Å². The number of thioether (sulfide) groups is 1. The summed E-state index contributed by atoms with van der Waals surface area (Å²) in [6.07, 6.45) is 2.13. The Kier molecular flexibility index (Phi) is 7.85. The average molecular weight is 531 g/mol. The number of hydrogen-bond donors (Lipinski definition) is 0. The third-order valence-electron chi connectivity index (χ3n) is 4.33. The molecule has 0 aliphatic rings. The summed E-state index contributed by atoms with van der Waals surface area (Å²) >= 11 is 1.76. The summed E-state index contributed by atoms with van der Waals surface area (Å²) in [7, 11) is 3.73. The van der Waals surface area contributed by atoms with Gasteiger partial charge in [-0.25, -0.2) is 0 Å². The van der Waals surface area contributed by atoms with Crippen molar-refractivity contribution in [1.29, 1.82) is 0 Å². The molecule has 0 N–H and O–H groups in total. The van der Waals surface area contributed by atoms with E-state index in [1.807, 2.05) is 20.7 Å². The normalized spacial score (nSPS) is 11.1. The Morgan fingerprint density at radius 1 is 0.786 bits per heavy atom. The molecular formula is C24H19IS3. The Bertz CT molecular complexity index is 1040. The fraction of sp³-hybridized carbons (Fsp3) is 0.0417. The van der Waals surface area contributed by atoms with Crippen LogP contribution < -0.4 is 24.0 Å². The van der Waals surface area contributed by atoms with Crippen LogP contribution in [0.15, 0.2) is 96.4 Å². The predicted molar refractivity (Wildman–Crippen MR) is 125 cm³/mol. The summed E-state index contributed by atoms with van der Waals surface area (Å²) < 4.78 is 0. The monoisotopic (exact) mass is 530 g/mol. The zero-order valence-electron chi connectivity index (χ0n) is 15.3. The zero-order valence-corrected chi connectivity index (χ0v) is 19.9. The maximum atomic E-state index is 2.27. The zero-order chi connectivity index (χ0) is 18.5. The fourth-order valence-corrected chi connectivity index (χ4v) is 6.55. The van der Waals surface area contributed by atoms with Gasteiger partial charge in [-0.2, -0.15) is 0 Å². The largest absolute Gasteiger partial charge is 1.00 e. The first-order chi connectivity index (χ1) is 13.4.